The van der Waals surface area contributed by atoms with Crippen molar-refractivity contribution in [1.29, 1.82) is 0 Å². The number of fused-ring (bicyclic) bond motifs is 1. The molecule has 1 N–H and O–H groups in total. The van der Waals surface area contributed by atoms with Crippen LogP contribution in [-0.2, 0) is 10.4 Å². The van der Waals surface area contributed by atoms with E-state index in [-0.39, 0.29) is 25.4 Å². The molecule has 6 heteroatoms. The molecule has 4 rings (SSSR count). The van der Waals surface area contributed by atoms with Gasteiger partial charge in [0.2, 0.25) is 0 Å². The van der Waals surface area contributed by atoms with Crippen molar-refractivity contribution in [2.45, 2.75) is 25.9 Å². The topological polar surface area (TPSA) is 76.1 Å². The Balaban J connectivity index is 1.51. The fourth-order valence-corrected chi connectivity index (χ4v) is 4.10. The standard InChI is InChI=1S/C27H27NO5/c1-3-32-21-13-11-20(12-14-21)25(29)18-27(31)23-9-4-5-10-24(23)28(26(27)30)15-16-33-22-8-6-7-19(2)17-22/h4-14,17,31H,3,15-16,18H2,1-2H3. The van der Waals surface area contributed by atoms with Crippen molar-refractivity contribution in [2.75, 3.05) is 24.7 Å². The van der Waals surface area contributed by atoms with Crippen LogP contribution in [0.2, 0.25) is 0 Å². The molecule has 0 saturated carbocycles. The van der Waals surface area contributed by atoms with Crippen molar-refractivity contribution in [3.8, 4) is 11.5 Å². The Bertz CT molecular complexity index is 1160. The second-order valence-corrected chi connectivity index (χ2v) is 8.06. The molecule has 3 aromatic carbocycles. The molecule has 3 aromatic rings. The van der Waals surface area contributed by atoms with Gasteiger partial charge >= 0.3 is 0 Å². The second-order valence-electron chi connectivity index (χ2n) is 8.06. The van der Waals surface area contributed by atoms with Gasteiger partial charge in [0.15, 0.2) is 11.4 Å². The van der Waals surface area contributed by atoms with E-state index in [0.29, 0.717) is 29.2 Å². The molecule has 1 atom stereocenters. The van der Waals surface area contributed by atoms with Crippen molar-refractivity contribution in [3.05, 3.63) is 89.5 Å². The molecule has 170 valence electrons. The van der Waals surface area contributed by atoms with Crippen LogP contribution in [0.25, 0.3) is 0 Å². The highest BCUT2D eigenvalue weighted by Gasteiger charge is 2.50. The zero-order valence-corrected chi connectivity index (χ0v) is 18.8. The minimum atomic E-state index is -1.92. The van der Waals surface area contributed by atoms with Gasteiger partial charge in [-0.05, 0) is 61.9 Å². The Morgan fingerprint density at radius 3 is 2.45 bits per heavy atom. The summed E-state index contributed by atoms with van der Waals surface area (Å²) in [5.41, 5.74) is 0.605. The summed E-state index contributed by atoms with van der Waals surface area (Å²) in [6, 6.07) is 21.4. The van der Waals surface area contributed by atoms with Crippen LogP contribution in [-0.4, -0.2) is 36.6 Å². The van der Waals surface area contributed by atoms with E-state index in [4.69, 9.17) is 9.47 Å². The number of ketones is 1. The van der Waals surface area contributed by atoms with Crippen LogP contribution in [0.3, 0.4) is 0 Å². The molecule has 1 heterocycles. The lowest BCUT2D eigenvalue weighted by Gasteiger charge is -2.23. The van der Waals surface area contributed by atoms with Gasteiger partial charge in [0, 0.05) is 11.1 Å². The fraction of sp³-hybridized carbons (Fsp3) is 0.259. The summed E-state index contributed by atoms with van der Waals surface area (Å²) < 4.78 is 11.2. The van der Waals surface area contributed by atoms with Crippen molar-refractivity contribution < 1.29 is 24.2 Å². The maximum atomic E-state index is 13.3. The number of para-hydroxylation sites is 1. The lowest BCUT2D eigenvalue weighted by Crippen LogP contribution is -2.43. The average molecular weight is 446 g/mol. The predicted octanol–water partition coefficient (Wildman–Crippen LogP) is 4.28. The minimum absolute atomic E-state index is 0.253. The Hall–Kier alpha value is -3.64. The molecule has 0 aromatic heterocycles. The first-order valence-corrected chi connectivity index (χ1v) is 11.0. The number of ether oxygens (including phenoxy) is 2. The molecule has 0 aliphatic carbocycles. The number of amides is 1. The SMILES string of the molecule is CCOc1ccc(C(=O)CC2(O)C(=O)N(CCOc3cccc(C)c3)c3ccccc32)cc1. The maximum Gasteiger partial charge on any atom is 0.264 e. The van der Waals surface area contributed by atoms with E-state index < -0.39 is 11.5 Å². The van der Waals surface area contributed by atoms with E-state index in [9.17, 15) is 14.7 Å². The van der Waals surface area contributed by atoms with Gasteiger partial charge in [-0.25, -0.2) is 0 Å². The minimum Gasteiger partial charge on any atom is -0.494 e. The van der Waals surface area contributed by atoms with Gasteiger partial charge in [-0.1, -0.05) is 30.3 Å². The van der Waals surface area contributed by atoms with Crippen molar-refractivity contribution >= 4 is 17.4 Å². The molecular formula is C27H27NO5. The largest absolute Gasteiger partial charge is 0.494 e. The lowest BCUT2D eigenvalue weighted by atomic mass is 9.88. The number of hydrogen-bond donors (Lipinski definition) is 1. The molecule has 1 aliphatic heterocycles. The van der Waals surface area contributed by atoms with Gasteiger partial charge in [-0.3, -0.25) is 9.59 Å². The van der Waals surface area contributed by atoms with E-state index in [1.807, 2.05) is 38.1 Å². The molecule has 1 aliphatic rings. The van der Waals surface area contributed by atoms with Crippen LogP contribution in [0, 0.1) is 6.92 Å². The van der Waals surface area contributed by atoms with E-state index in [1.54, 1.807) is 48.5 Å². The number of anilines is 1. The van der Waals surface area contributed by atoms with E-state index in [2.05, 4.69) is 0 Å². The monoisotopic (exact) mass is 445 g/mol. The van der Waals surface area contributed by atoms with Crippen LogP contribution in [0.15, 0.2) is 72.8 Å². The number of aryl methyl sites for hydroxylation is 1. The zero-order valence-electron chi connectivity index (χ0n) is 18.8. The van der Waals surface area contributed by atoms with Crippen molar-refractivity contribution in [2.24, 2.45) is 0 Å². The Labute approximate surface area is 193 Å². The molecule has 0 bridgehead atoms. The third-order valence-electron chi connectivity index (χ3n) is 5.72. The van der Waals surface area contributed by atoms with Crippen LogP contribution in [0.1, 0.15) is 34.8 Å². The number of nitrogens with zero attached hydrogens (tertiary/aromatic N) is 1. The van der Waals surface area contributed by atoms with Crippen LogP contribution >= 0.6 is 0 Å². The first kappa shape index (κ1) is 22.6. The quantitative estimate of drug-likeness (QED) is 0.498. The molecule has 0 saturated heterocycles. The van der Waals surface area contributed by atoms with Gasteiger partial charge in [-0.15, -0.1) is 0 Å². The van der Waals surface area contributed by atoms with Gasteiger partial charge < -0.3 is 19.5 Å². The van der Waals surface area contributed by atoms with Gasteiger partial charge in [0.25, 0.3) is 5.91 Å². The fourth-order valence-electron chi connectivity index (χ4n) is 4.10. The summed E-state index contributed by atoms with van der Waals surface area (Å²) in [5, 5.41) is 11.4. The summed E-state index contributed by atoms with van der Waals surface area (Å²) in [6.45, 7) is 4.90. The maximum absolute atomic E-state index is 13.3. The van der Waals surface area contributed by atoms with E-state index in [1.165, 1.54) is 4.90 Å². The number of hydrogen-bond acceptors (Lipinski definition) is 5. The molecule has 0 spiro atoms. The molecule has 0 radical (unpaired) electrons. The van der Waals surface area contributed by atoms with Crippen molar-refractivity contribution in [1.82, 2.24) is 0 Å². The van der Waals surface area contributed by atoms with Gasteiger partial charge in [-0.2, -0.15) is 0 Å². The highest BCUT2D eigenvalue weighted by Crippen LogP contribution is 2.42. The third-order valence-corrected chi connectivity index (χ3v) is 5.72. The number of rotatable bonds is 9. The zero-order chi connectivity index (χ0) is 23.4. The van der Waals surface area contributed by atoms with Crippen LogP contribution in [0.4, 0.5) is 5.69 Å². The van der Waals surface area contributed by atoms with Crippen molar-refractivity contribution in [3.63, 3.8) is 0 Å². The smallest absolute Gasteiger partial charge is 0.264 e. The normalized spacial score (nSPS) is 17.1. The Morgan fingerprint density at radius 1 is 0.970 bits per heavy atom. The van der Waals surface area contributed by atoms with E-state index in [0.717, 1.165) is 11.3 Å². The summed E-state index contributed by atoms with van der Waals surface area (Å²) in [7, 11) is 0. The van der Waals surface area contributed by atoms with Gasteiger partial charge in [0.05, 0.1) is 25.3 Å². The molecule has 1 amide bonds. The third kappa shape index (κ3) is 4.61. The average Bonchev–Trinajstić information content (AvgIpc) is 3.02. The number of carbonyl (C=O) groups is 2. The molecule has 6 nitrogen and oxygen atoms in total. The number of benzene rings is 3. The molecular weight excluding hydrogens is 418 g/mol. The number of carbonyl (C=O) groups excluding carboxylic acids is 2. The number of aliphatic hydroxyl groups is 1. The predicted molar refractivity (Wildman–Crippen MR) is 126 cm³/mol. The second kappa shape index (κ2) is 9.46. The lowest BCUT2D eigenvalue weighted by molar-refractivity contribution is -0.135. The Morgan fingerprint density at radius 2 is 1.73 bits per heavy atom. The summed E-state index contributed by atoms with van der Waals surface area (Å²) in [6.07, 6.45) is -0.341. The Kier molecular flexibility index (Phi) is 6.47. The van der Waals surface area contributed by atoms with Gasteiger partial charge in [0.1, 0.15) is 18.1 Å². The molecule has 33 heavy (non-hydrogen) atoms. The first-order valence-electron chi connectivity index (χ1n) is 11.0. The van der Waals surface area contributed by atoms with Crippen LogP contribution in [0.5, 0.6) is 11.5 Å². The summed E-state index contributed by atoms with van der Waals surface area (Å²) in [4.78, 5) is 27.8. The molecule has 0 fully saturated rings. The van der Waals surface area contributed by atoms with E-state index >= 15 is 0 Å². The van der Waals surface area contributed by atoms with Crippen LogP contribution < -0.4 is 14.4 Å². The number of Topliss-reactive ketones (excluding diaryl/α,β-unsaturated/α-hetero) is 1. The highest BCUT2D eigenvalue weighted by molar-refractivity contribution is 6.10. The summed E-state index contributed by atoms with van der Waals surface area (Å²) in [5.74, 6) is 0.545. The summed E-state index contributed by atoms with van der Waals surface area (Å²) >= 11 is 0. The molecule has 1 unspecified atom stereocenters. The first-order chi connectivity index (χ1) is 15.9. The highest BCUT2D eigenvalue weighted by atomic mass is 16.5.